The van der Waals surface area contributed by atoms with Gasteiger partial charge in [0, 0.05) is 19.5 Å². The summed E-state index contributed by atoms with van der Waals surface area (Å²) in [5.41, 5.74) is 0. The molecule has 1 unspecified atom stereocenters. The lowest BCUT2D eigenvalue weighted by Crippen LogP contribution is -2.44. The summed E-state index contributed by atoms with van der Waals surface area (Å²) in [6, 6.07) is 0. The third-order valence-electron chi connectivity index (χ3n) is 3.38. The summed E-state index contributed by atoms with van der Waals surface area (Å²) in [7, 11) is 0. The zero-order valence-corrected chi connectivity index (χ0v) is 12.5. The molecule has 1 atom stereocenters. The first kappa shape index (κ1) is 17.4. The number of aliphatic carboxylic acids is 1. The predicted octanol–water partition coefficient (Wildman–Crippen LogP) is 0.243. The minimum atomic E-state index is -0.863. The molecule has 0 radical (unpaired) electrons. The van der Waals surface area contributed by atoms with Crippen LogP contribution >= 0.6 is 0 Å². The predicted molar refractivity (Wildman–Crippen MR) is 75.7 cm³/mol. The highest BCUT2D eigenvalue weighted by Gasteiger charge is 2.27. The molecule has 120 valence electrons. The Morgan fingerprint density at radius 3 is 2.81 bits per heavy atom. The molecule has 0 aliphatic carbocycles. The number of hydrogen-bond donors (Lipinski definition) is 2. The first-order chi connectivity index (χ1) is 10.0. The number of nitrogens with zero attached hydrogens (tertiary/aromatic N) is 1. The van der Waals surface area contributed by atoms with E-state index in [0.29, 0.717) is 26.1 Å². The number of carboxylic acid groups (broad SMARTS) is 1. The number of likely N-dealkylation sites (tertiary alicyclic amines) is 1. The monoisotopic (exact) mass is 300 g/mol. The number of esters is 1. The Balaban J connectivity index is 2.25. The molecular formula is C14H24N2O5. The lowest BCUT2D eigenvalue weighted by atomic mass is 9.98. The van der Waals surface area contributed by atoms with E-state index in [1.54, 1.807) is 6.92 Å². The maximum atomic E-state index is 11.7. The third kappa shape index (κ3) is 7.08. The normalized spacial score (nSPS) is 19.0. The van der Waals surface area contributed by atoms with E-state index >= 15 is 0 Å². The lowest BCUT2D eigenvalue weighted by molar-refractivity contribution is -0.150. The Morgan fingerprint density at radius 2 is 2.14 bits per heavy atom. The zero-order chi connectivity index (χ0) is 15.7. The van der Waals surface area contributed by atoms with Crippen LogP contribution in [-0.4, -0.2) is 60.6 Å². The lowest BCUT2D eigenvalue weighted by Gasteiger charge is -2.30. The molecule has 1 heterocycles. The fraction of sp³-hybridized carbons (Fsp3) is 0.786. The van der Waals surface area contributed by atoms with Gasteiger partial charge in [0.05, 0.1) is 19.1 Å². The highest BCUT2D eigenvalue weighted by atomic mass is 16.5. The standard InChI is InChI=1S/C14H24N2O5/c1-2-21-14(20)11-5-4-8-16(9-11)10-12(17)15-7-3-6-13(18)19/h11H,2-10H2,1H3,(H,15,17)(H,18,19). The van der Waals surface area contributed by atoms with Gasteiger partial charge in [0.1, 0.15) is 0 Å². The van der Waals surface area contributed by atoms with Crippen LogP contribution in [0.4, 0.5) is 0 Å². The van der Waals surface area contributed by atoms with Gasteiger partial charge in [-0.15, -0.1) is 0 Å². The van der Waals surface area contributed by atoms with Crippen LogP contribution in [-0.2, 0) is 19.1 Å². The topological polar surface area (TPSA) is 95.9 Å². The van der Waals surface area contributed by atoms with Crippen LogP contribution in [0.1, 0.15) is 32.6 Å². The quantitative estimate of drug-likeness (QED) is 0.492. The summed E-state index contributed by atoms with van der Waals surface area (Å²) in [6.07, 6.45) is 2.15. The zero-order valence-electron chi connectivity index (χ0n) is 12.5. The second kappa shape index (κ2) is 9.33. The molecule has 0 spiro atoms. The average Bonchev–Trinajstić information content (AvgIpc) is 2.44. The molecular weight excluding hydrogens is 276 g/mol. The molecule has 1 saturated heterocycles. The summed E-state index contributed by atoms with van der Waals surface area (Å²) in [5.74, 6) is -1.34. The molecule has 0 aromatic heterocycles. The molecule has 1 rings (SSSR count). The van der Waals surface area contributed by atoms with E-state index in [-0.39, 0.29) is 30.8 Å². The Morgan fingerprint density at radius 1 is 1.38 bits per heavy atom. The molecule has 1 aliphatic rings. The van der Waals surface area contributed by atoms with Gasteiger partial charge in [-0.1, -0.05) is 0 Å². The van der Waals surface area contributed by atoms with Crippen LogP contribution in [0.15, 0.2) is 0 Å². The van der Waals surface area contributed by atoms with Crippen molar-refractivity contribution in [3.63, 3.8) is 0 Å². The van der Waals surface area contributed by atoms with E-state index in [1.165, 1.54) is 0 Å². The molecule has 7 heteroatoms. The minimum Gasteiger partial charge on any atom is -0.481 e. The SMILES string of the molecule is CCOC(=O)C1CCCN(CC(=O)NCCCC(=O)O)C1. The molecule has 0 aromatic carbocycles. The molecule has 1 amide bonds. The van der Waals surface area contributed by atoms with Crippen molar-refractivity contribution in [2.24, 2.45) is 5.92 Å². The summed E-state index contributed by atoms with van der Waals surface area (Å²) in [6.45, 7) is 4.09. The summed E-state index contributed by atoms with van der Waals surface area (Å²) >= 11 is 0. The van der Waals surface area contributed by atoms with E-state index in [1.807, 2.05) is 4.90 Å². The Bertz CT molecular complexity index is 372. The van der Waals surface area contributed by atoms with Crippen LogP contribution in [0.3, 0.4) is 0 Å². The number of carboxylic acids is 1. The fourth-order valence-electron chi connectivity index (χ4n) is 2.38. The van der Waals surface area contributed by atoms with Crippen molar-refractivity contribution in [3.05, 3.63) is 0 Å². The smallest absolute Gasteiger partial charge is 0.310 e. The summed E-state index contributed by atoms with van der Waals surface area (Å²) < 4.78 is 5.01. The maximum Gasteiger partial charge on any atom is 0.310 e. The Hall–Kier alpha value is -1.63. The van der Waals surface area contributed by atoms with Gasteiger partial charge < -0.3 is 15.2 Å². The number of hydrogen-bond acceptors (Lipinski definition) is 5. The highest BCUT2D eigenvalue weighted by molar-refractivity contribution is 5.78. The van der Waals surface area contributed by atoms with Gasteiger partial charge in [0.25, 0.3) is 0 Å². The largest absolute Gasteiger partial charge is 0.481 e. The number of nitrogens with one attached hydrogen (secondary N) is 1. The first-order valence-corrected chi connectivity index (χ1v) is 7.40. The van der Waals surface area contributed by atoms with Crippen molar-refractivity contribution < 1.29 is 24.2 Å². The van der Waals surface area contributed by atoms with Gasteiger partial charge >= 0.3 is 11.9 Å². The first-order valence-electron chi connectivity index (χ1n) is 7.40. The average molecular weight is 300 g/mol. The highest BCUT2D eigenvalue weighted by Crippen LogP contribution is 2.17. The summed E-state index contributed by atoms with van der Waals surface area (Å²) in [4.78, 5) is 35.7. The molecule has 21 heavy (non-hydrogen) atoms. The second-order valence-corrected chi connectivity index (χ2v) is 5.17. The van der Waals surface area contributed by atoms with Gasteiger partial charge in [-0.3, -0.25) is 19.3 Å². The van der Waals surface area contributed by atoms with Crippen molar-refractivity contribution in [3.8, 4) is 0 Å². The molecule has 2 N–H and O–H groups in total. The van der Waals surface area contributed by atoms with Crippen LogP contribution < -0.4 is 5.32 Å². The van der Waals surface area contributed by atoms with E-state index < -0.39 is 5.97 Å². The van der Waals surface area contributed by atoms with E-state index in [9.17, 15) is 14.4 Å². The molecule has 7 nitrogen and oxygen atoms in total. The van der Waals surface area contributed by atoms with Crippen molar-refractivity contribution in [1.82, 2.24) is 10.2 Å². The minimum absolute atomic E-state index is 0.0505. The molecule has 0 bridgehead atoms. The number of rotatable bonds is 8. The number of ether oxygens (including phenoxy) is 1. The fourth-order valence-corrected chi connectivity index (χ4v) is 2.38. The number of carbonyl (C=O) groups excluding carboxylic acids is 2. The van der Waals surface area contributed by atoms with Crippen LogP contribution in [0, 0.1) is 5.92 Å². The van der Waals surface area contributed by atoms with Crippen molar-refractivity contribution in [2.45, 2.75) is 32.6 Å². The summed E-state index contributed by atoms with van der Waals surface area (Å²) in [5, 5.41) is 11.2. The second-order valence-electron chi connectivity index (χ2n) is 5.17. The van der Waals surface area contributed by atoms with Gasteiger partial charge in [-0.25, -0.2) is 0 Å². The van der Waals surface area contributed by atoms with Gasteiger partial charge in [-0.2, -0.15) is 0 Å². The van der Waals surface area contributed by atoms with Crippen molar-refractivity contribution >= 4 is 17.8 Å². The van der Waals surface area contributed by atoms with Crippen molar-refractivity contribution in [1.29, 1.82) is 0 Å². The molecule has 0 saturated carbocycles. The number of piperidine rings is 1. The van der Waals surface area contributed by atoms with Crippen LogP contribution in [0.2, 0.25) is 0 Å². The Labute approximate surface area is 124 Å². The molecule has 1 aliphatic heterocycles. The molecule has 1 fully saturated rings. The van der Waals surface area contributed by atoms with Crippen LogP contribution in [0.5, 0.6) is 0 Å². The van der Waals surface area contributed by atoms with E-state index in [2.05, 4.69) is 5.32 Å². The van der Waals surface area contributed by atoms with Gasteiger partial charge in [-0.05, 0) is 32.7 Å². The van der Waals surface area contributed by atoms with E-state index in [4.69, 9.17) is 9.84 Å². The number of carbonyl (C=O) groups is 3. The Kier molecular flexibility index (Phi) is 7.74. The maximum absolute atomic E-state index is 11.7. The number of amides is 1. The van der Waals surface area contributed by atoms with Crippen LogP contribution in [0.25, 0.3) is 0 Å². The van der Waals surface area contributed by atoms with Crippen molar-refractivity contribution in [2.75, 3.05) is 32.8 Å². The van der Waals surface area contributed by atoms with E-state index in [0.717, 1.165) is 19.4 Å². The van der Waals surface area contributed by atoms with Gasteiger partial charge in [0.15, 0.2) is 0 Å². The van der Waals surface area contributed by atoms with Gasteiger partial charge in [0.2, 0.25) is 5.91 Å². The molecule has 0 aromatic rings. The third-order valence-corrected chi connectivity index (χ3v) is 3.38.